The molecular weight excluding hydrogens is 200 g/mol. The third-order valence-electron chi connectivity index (χ3n) is 3.05. The quantitative estimate of drug-likeness (QED) is 0.779. The number of hydrogen-bond donors (Lipinski definition) is 1. The molecule has 4 heteroatoms. The van der Waals surface area contributed by atoms with Crippen LogP contribution in [0.25, 0.3) is 11.4 Å². The van der Waals surface area contributed by atoms with Crippen LogP contribution >= 0.6 is 0 Å². The molecule has 0 aliphatic heterocycles. The van der Waals surface area contributed by atoms with Crippen LogP contribution in [0.1, 0.15) is 24.4 Å². The molecule has 0 spiro atoms. The van der Waals surface area contributed by atoms with Gasteiger partial charge in [-0.05, 0) is 31.4 Å². The van der Waals surface area contributed by atoms with E-state index >= 15 is 0 Å². The van der Waals surface area contributed by atoms with E-state index in [0.29, 0.717) is 6.04 Å². The number of aromatic nitrogens is 3. The molecule has 1 aliphatic carbocycles. The minimum absolute atomic E-state index is 0.590. The molecule has 0 atom stereocenters. The lowest BCUT2D eigenvalue weighted by Gasteiger charge is -2.06. The molecule has 16 heavy (non-hydrogen) atoms. The maximum absolute atomic E-state index is 5.91. The average Bonchev–Trinajstić information content (AvgIpc) is 3.01. The maximum atomic E-state index is 5.91. The average molecular weight is 214 g/mol. The second kappa shape index (κ2) is 3.33. The van der Waals surface area contributed by atoms with Crippen LogP contribution in [-0.4, -0.2) is 14.8 Å². The van der Waals surface area contributed by atoms with Crippen molar-refractivity contribution in [2.45, 2.75) is 25.8 Å². The standard InChI is InChI=1S/C12H14N4/c1-8-2-3-9(6-11(8)13)12-15-14-7-16(12)10-4-5-10/h2-3,6-7,10H,4-5,13H2,1H3. The molecule has 1 heterocycles. The summed E-state index contributed by atoms with van der Waals surface area (Å²) in [5.41, 5.74) is 8.87. The van der Waals surface area contributed by atoms with Crippen molar-refractivity contribution in [2.75, 3.05) is 5.73 Å². The first-order chi connectivity index (χ1) is 7.75. The van der Waals surface area contributed by atoms with E-state index in [1.807, 2.05) is 25.4 Å². The smallest absolute Gasteiger partial charge is 0.164 e. The predicted molar refractivity (Wildman–Crippen MR) is 62.9 cm³/mol. The van der Waals surface area contributed by atoms with Gasteiger partial charge in [0.15, 0.2) is 5.82 Å². The van der Waals surface area contributed by atoms with Gasteiger partial charge in [-0.2, -0.15) is 0 Å². The molecule has 2 N–H and O–H groups in total. The fourth-order valence-electron chi connectivity index (χ4n) is 1.85. The summed E-state index contributed by atoms with van der Waals surface area (Å²) in [5, 5.41) is 8.16. The van der Waals surface area contributed by atoms with E-state index in [4.69, 9.17) is 5.73 Å². The topological polar surface area (TPSA) is 56.7 Å². The number of anilines is 1. The van der Waals surface area contributed by atoms with E-state index in [-0.39, 0.29) is 0 Å². The largest absolute Gasteiger partial charge is 0.398 e. The summed E-state index contributed by atoms with van der Waals surface area (Å²) in [5.74, 6) is 0.925. The predicted octanol–water partition coefficient (Wildman–Crippen LogP) is 2.17. The van der Waals surface area contributed by atoms with Crippen molar-refractivity contribution in [3.8, 4) is 11.4 Å². The first-order valence-corrected chi connectivity index (χ1v) is 5.52. The zero-order valence-corrected chi connectivity index (χ0v) is 9.22. The van der Waals surface area contributed by atoms with Crippen molar-refractivity contribution in [1.82, 2.24) is 14.8 Å². The molecule has 1 fully saturated rings. The van der Waals surface area contributed by atoms with E-state index in [1.165, 1.54) is 12.8 Å². The summed E-state index contributed by atoms with van der Waals surface area (Å²) < 4.78 is 2.14. The maximum Gasteiger partial charge on any atom is 0.164 e. The Morgan fingerprint density at radius 3 is 2.88 bits per heavy atom. The fraction of sp³-hybridized carbons (Fsp3) is 0.333. The summed E-state index contributed by atoms with van der Waals surface area (Å²) in [4.78, 5) is 0. The molecule has 0 radical (unpaired) electrons. The Bertz CT molecular complexity index is 526. The summed E-state index contributed by atoms with van der Waals surface area (Å²) in [6.45, 7) is 2.00. The van der Waals surface area contributed by atoms with Crippen molar-refractivity contribution < 1.29 is 0 Å². The normalized spacial score (nSPS) is 15.3. The number of hydrogen-bond acceptors (Lipinski definition) is 3. The molecule has 82 valence electrons. The fourth-order valence-corrected chi connectivity index (χ4v) is 1.85. The lowest BCUT2D eigenvalue weighted by atomic mass is 10.1. The van der Waals surface area contributed by atoms with E-state index in [2.05, 4.69) is 20.8 Å². The van der Waals surface area contributed by atoms with Gasteiger partial charge in [0, 0.05) is 17.3 Å². The van der Waals surface area contributed by atoms with Crippen LogP contribution < -0.4 is 5.73 Å². The highest BCUT2D eigenvalue weighted by Gasteiger charge is 2.26. The number of nitrogens with zero attached hydrogens (tertiary/aromatic N) is 3. The van der Waals surface area contributed by atoms with Gasteiger partial charge in [-0.25, -0.2) is 0 Å². The summed E-state index contributed by atoms with van der Waals surface area (Å²) >= 11 is 0. The number of nitrogen functional groups attached to an aromatic ring is 1. The third-order valence-corrected chi connectivity index (χ3v) is 3.05. The molecule has 1 aliphatic rings. The van der Waals surface area contributed by atoms with Crippen LogP contribution in [0.2, 0.25) is 0 Å². The van der Waals surface area contributed by atoms with Gasteiger partial charge in [-0.1, -0.05) is 12.1 Å². The van der Waals surface area contributed by atoms with Crippen molar-refractivity contribution in [2.24, 2.45) is 0 Å². The van der Waals surface area contributed by atoms with Gasteiger partial charge in [0.2, 0.25) is 0 Å². The monoisotopic (exact) mass is 214 g/mol. The number of benzene rings is 1. The van der Waals surface area contributed by atoms with Crippen LogP contribution in [-0.2, 0) is 0 Å². The molecule has 1 aromatic heterocycles. The van der Waals surface area contributed by atoms with Gasteiger partial charge in [0.05, 0.1) is 0 Å². The van der Waals surface area contributed by atoms with Gasteiger partial charge in [0.1, 0.15) is 6.33 Å². The molecule has 1 aromatic carbocycles. The Balaban J connectivity index is 2.07. The Kier molecular flexibility index (Phi) is 1.96. The minimum Gasteiger partial charge on any atom is -0.398 e. The van der Waals surface area contributed by atoms with Gasteiger partial charge >= 0.3 is 0 Å². The molecule has 1 saturated carbocycles. The van der Waals surface area contributed by atoms with Gasteiger partial charge in [-0.3, -0.25) is 0 Å². The van der Waals surface area contributed by atoms with Crippen LogP contribution in [0.5, 0.6) is 0 Å². The van der Waals surface area contributed by atoms with Gasteiger partial charge in [0.25, 0.3) is 0 Å². The number of rotatable bonds is 2. The highest BCUT2D eigenvalue weighted by Crippen LogP contribution is 2.37. The first kappa shape index (κ1) is 9.39. The van der Waals surface area contributed by atoms with Crippen molar-refractivity contribution in [3.63, 3.8) is 0 Å². The molecule has 0 bridgehead atoms. The SMILES string of the molecule is Cc1ccc(-c2nncn2C2CC2)cc1N. The molecule has 0 unspecified atom stereocenters. The highest BCUT2D eigenvalue weighted by molar-refractivity contribution is 5.63. The summed E-state index contributed by atoms with van der Waals surface area (Å²) in [6, 6.07) is 6.64. The zero-order chi connectivity index (χ0) is 11.1. The van der Waals surface area contributed by atoms with Crippen LogP contribution in [0, 0.1) is 6.92 Å². The van der Waals surface area contributed by atoms with Crippen molar-refractivity contribution in [3.05, 3.63) is 30.1 Å². The number of nitrogens with two attached hydrogens (primary N) is 1. The van der Waals surface area contributed by atoms with E-state index in [9.17, 15) is 0 Å². The third kappa shape index (κ3) is 1.46. The number of aryl methyl sites for hydroxylation is 1. The molecule has 0 amide bonds. The Labute approximate surface area is 94.1 Å². The van der Waals surface area contributed by atoms with Crippen LogP contribution in [0.4, 0.5) is 5.69 Å². The van der Waals surface area contributed by atoms with E-state index in [0.717, 1.165) is 22.6 Å². The molecule has 2 aromatic rings. The van der Waals surface area contributed by atoms with Crippen LogP contribution in [0.15, 0.2) is 24.5 Å². The minimum atomic E-state index is 0.590. The zero-order valence-electron chi connectivity index (χ0n) is 9.22. The lowest BCUT2D eigenvalue weighted by molar-refractivity contribution is 0.746. The lowest BCUT2D eigenvalue weighted by Crippen LogP contribution is -1.97. The van der Waals surface area contributed by atoms with Crippen molar-refractivity contribution in [1.29, 1.82) is 0 Å². The molecule has 4 nitrogen and oxygen atoms in total. The van der Waals surface area contributed by atoms with Crippen LogP contribution in [0.3, 0.4) is 0 Å². The second-order valence-electron chi connectivity index (χ2n) is 4.36. The molecule has 3 rings (SSSR count). The van der Waals surface area contributed by atoms with Crippen molar-refractivity contribution >= 4 is 5.69 Å². The summed E-state index contributed by atoms with van der Waals surface area (Å²) in [7, 11) is 0. The molecular formula is C12H14N4. The van der Waals surface area contributed by atoms with Gasteiger partial charge in [-0.15, -0.1) is 10.2 Å². The summed E-state index contributed by atoms with van der Waals surface area (Å²) in [6.07, 6.45) is 4.27. The van der Waals surface area contributed by atoms with E-state index < -0.39 is 0 Å². The molecule has 0 saturated heterocycles. The Morgan fingerprint density at radius 2 is 2.19 bits per heavy atom. The van der Waals surface area contributed by atoms with Gasteiger partial charge < -0.3 is 10.3 Å². The second-order valence-corrected chi connectivity index (χ2v) is 4.36. The Morgan fingerprint density at radius 1 is 1.38 bits per heavy atom. The van der Waals surface area contributed by atoms with E-state index in [1.54, 1.807) is 0 Å². The highest BCUT2D eigenvalue weighted by atomic mass is 15.3. The first-order valence-electron chi connectivity index (χ1n) is 5.52. The Hall–Kier alpha value is -1.84.